The van der Waals surface area contributed by atoms with Crippen molar-refractivity contribution in [1.29, 1.82) is 0 Å². The SMILES string of the molecule is C=CC(=O)OCCCCN1COc2ccccc2C1. The lowest BCUT2D eigenvalue weighted by Gasteiger charge is -2.28. The van der Waals surface area contributed by atoms with Crippen molar-refractivity contribution in [1.82, 2.24) is 4.90 Å². The predicted molar refractivity (Wildman–Crippen MR) is 72.7 cm³/mol. The van der Waals surface area contributed by atoms with E-state index in [1.54, 1.807) is 0 Å². The number of unbranched alkanes of at least 4 members (excludes halogenated alkanes) is 1. The van der Waals surface area contributed by atoms with Crippen molar-refractivity contribution in [3.8, 4) is 5.75 Å². The smallest absolute Gasteiger partial charge is 0.330 e. The number of hydrogen-bond donors (Lipinski definition) is 0. The van der Waals surface area contributed by atoms with Crippen LogP contribution in [0, 0.1) is 0 Å². The molecule has 0 N–H and O–H groups in total. The Morgan fingerprint density at radius 1 is 1.42 bits per heavy atom. The van der Waals surface area contributed by atoms with Crippen LogP contribution < -0.4 is 4.74 Å². The molecule has 4 heteroatoms. The van der Waals surface area contributed by atoms with E-state index in [-0.39, 0.29) is 5.97 Å². The first kappa shape index (κ1) is 13.6. The second-order valence-corrected chi connectivity index (χ2v) is 4.51. The van der Waals surface area contributed by atoms with Gasteiger partial charge < -0.3 is 9.47 Å². The first-order chi connectivity index (χ1) is 9.29. The molecule has 0 atom stereocenters. The summed E-state index contributed by atoms with van der Waals surface area (Å²) in [5, 5.41) is 0. The maximum atomic E-state index is 10.8. The maximum absolute atomic E-state index is 10.8. The second kappa shape index (κ2) is 6.95. The van der Waals surface area contributed by atoms with Crippen molar-refractivity contribution in [2.24, 2.45) is 0 Å². The minimum atomic E-state index is -0.352. The van der Waals surface area contributed by atoms with E-state index in [1.807, 2.05) is 18.2 Å². The van der Waals surface area contributed by atoms with Gasteiger partial charge in [0.05, 0.1) is 6.61 Å². The van der Waals surface area contributed by atoms with Gasteiger partial charge in [-0.15, -0.1) is 0 Å². The first-order valence-corrected chi connectivity index (χ1v) is 6.52. The van der Waals surface area contributed by atoms with Crippen molar-refractivity contribution in [2.75, 3.05) is 19.9 Å². The number of para-hydroxylation sites is 1. The molecule has 0 saturated heterocycles. The van der Waals surface area contributed by atoms with E-state index in [9.17, 15) is 4.79 Å². The van der Waals surface area contributed by atoms with Gasteiger partial charge in [0.15, 0.2) is 0 Å². The highest BCUT2D eigenvalue weighted by atomic mass is 16.5. The van der Waals surface area contributed by atoms with Gasteiger partial charge in [0.25, 0.3) is 0 Å². The largest absolute Gasteiger partial charge is 0.478 e. The van der Waals surface area contributed by atoms with E-state index in [4.69, 9.17) is 9.47 Å². The molecule has 0 fully saturated rings. The molecule has 19 heavy (non-hydrogen) atoms. The molecule has 2 rings (SSSR count). The van der Waals surface area contributed by atoms with Gasteiger partial charge >= 0.3 is 5.97 Å². The van der Waals surface area contributed by atoms with Crippen molar-refractivity contribution in [2.45, 2.75) is 19.4 Å². The van der Waals surface area contributed by atoms with Gasteiger partial charge in [-0.05, 0) is 18.9 Å². The molecular formula is C15H19NO3. The fourth-order valence-corrected chi connectivity index (χ4v) is 2.04. The molecular weight excluding hydrogens is 242 g/mol. The van der Waals surface area contributed by atoms with Crippen LogP contribution in [0.5, 0.6) is 5.75 Å². The average Bonchev–Trinajstić information content (AvgIpc) is 2.46. The van der Waals surface area contributed by atoms with E-state index in [0.29, 0.717) is 13.3 Å². The molecule has 0 radical (unpaired) electrons. The van der Waals surface area contributed by atoms with E-state index >= 15 is 0 Å². The minimum absolute atomic E-state index is 0.352. The standard InChI is InChI=1S/C15H19NO3/c1-2-15(17)18-10-6-5-9-16-11-13-7-3-4-8-14(13)19-12-16/h2-4,7-8H,1,5-6,9-12H2. The molecule has 1 aromatic rings. The third kappa shape index (κ3) is 4.10. The summed E-state index contributed by atoms with van der Waals surface area (Å²) < 4.78 is 10.6. The number of esters is 1. The Hall–Kier alpha value is -1.81. The molecule has 0 saturated carbocycles. The zero-order chi connectivity index (χ0) is 13.5. The number of carbonyl (C=O) groups excluding carboxylic acids is 1. The van der Waals surface area contributed by atoms with Crippen LogP contribution in [0.2, 0.25) is 0 Å². The number of fused-ring (bicyclic) bond motifs is 1. The Morgan fingerprint density at radius 3 is 3.11 bits per heavy atom. The Balaban J connectivity index is 1.66. The van der Waals surface area contributed by atoms with Crippen LogP contribution in [-0.4, -0.2) is 30.8 Å². The topological polar surface area (TPSA) is 38.8 Å². The van der Waals surface area contributed by atoms with Gasteiger partial charge in [0.2, 0.25) is 0 Å². The van der Waals surface area contributed by atoms with Gasteiger partial charge in [0, 0.05) is 24.7 Å². The van der Waals surface area contributed by atoms with Crippen LogP contribution in [0.1, 0.15) is 18.4 Å². The van der Waals surface area contributed by atoms with Crippen molar-refractivity contribution < 1.29 is 14.3 Å². The number of benzene rings is 1. The van der Waals surface area contributed by atoms with Crippen molar-refractivity contribution in [3.05, 3.63) is 42.5 Å². The summed E-state index contributed by atoms with van der Waals surface area (Å²) in [5.74, 6) is 0.633. The molecule has 0 unspecified atom stereocenters. The second-order valence-electron chi connectivity index (χ2n) is 4.51. The van der Waals surface area contributed by atoms with Crippen LogP contribution in [-0.2, 0) is 16.1 Å². The number of carbonyl (C=O) groups is 1. The Kier molecular flexibility index (Phi) is 4.98. The molecule has 1 aromatic carbocycles. The number of ether oxygens (including phenoxy) is 2. The van der Waals surface area contributed by atoms with Crippen LogP contribution in [0.15, 0.2) is 36.9 Å². The molecule has 0 aromatic heterocycles. The summed E-state index contributed by atoms with van der Waals surface area (Å²) >= 11 is 0. The monoisotopic (exact) mass is 261 g/mol. The van der Waals surface area contributed by atoms with E-state index < -0.39 is 0 Å². The number of nitrogens with zero attached hydrogens (tertiary/aromatic N) is 1. The van der Waals surface area contributed by atoms with Crippen LogP contribution >= 0.6 is 0 Å². The normalized spacial score (nSPS) is 14.3. The minimum Gasteiger partial charge on any atom is -0.478 e. The van der Waals surface area contributed by atoms with Gasteiger partial charge in [-0.1, -0.05) is 24.8 Å². The lowest BCUT2D eigenvalue weighted by molar-refractivity contribution is -0.137. The zero-order valence-electron chi connectivity index (χ0n) is 11.0. The van der Waals surface area contributed by atoms with E-state index in [2.05, 4.69) is 17.5 Å². The summed E-state index contributed by atoms with van der Waals surface area (Å²) in [4.78, 5) is 13.1. The molecule has 4 nitrogen and oxygen atoms in total. The Morgan fingerprint density at radius 2 is 2.26 bits per heavy atom. The first-order valence-electron chi connectivity index (χ1n) is 6.52. The third-order valence-corrected chi connectivity index (χ3v) is 3.05. The lowest BCUT2D eigenvalue weighted by atomic mass is 10.1. The van der Waals surface area contributed by atoms with E-state index in [1.165, 1.54) is 11.6 Å². The van der Waals surface area contributed by atoms with Gasteiger partial charge in [-0.2, -0.15) is 0 Å². The highest BCUT2D eigenvalue weighted by Crippen LogP contribution is 2.24. The average molecular weight is 261 g/mol. The number of rotatable bonds is 6. The fraction of sp³-hybridized carbons (Fsp3) is 0.400. The lowest BCUT2D eigenvalue weighted by Crippen LogP contribution is -2.32. The van der Waals surface area contributed by atoms with Crippen LogP contribution in [0.4, 0.5) is 0 Å². The molecule has 1 heterocycles. The van der Waals surface area contributed by atoms with E-state index in [0.717, 1.165) is 31.7 Å². The molecule has 0 amide bonds. The maximum Gasteiger partial charge on any atom is 0.330 e. The molecule has 0 aliphatic carbocycles. The Labute approximate surface area is 113 Å². The Bertz CT molecular complexity index is 445. The van der Waals surface area contributed by atoms with Crippen molar-refractivity contribution in [3.63, 3.8) is 0 Å². The predicted octanol–water partition coefficient (Wildman–Crippen LogP) is 2.35. The highest BCUT2D eigenvalue weighted by molar-refractivity contribution is 5.81. The molecule has 1 aliphatic rings. The van der Waals surface area contributed by atoms with Gasteiger partial charge in [-0.25, -0.2) is 4.79 Å². The summed E-state index contributed by atoms with van der Waals surface area (Å²) in [6.07, 6.45) is 3.03. The summed E-state index contributed by atoms with van der Waals surface area (Å²) in [6, 6.07) is 8.11. The third-order valence-electron chi connectivity index (χ3n) is 3.05. The van der Waals surface area contributed by atoms with Gasteiger partial charge in [0.1, 0.15) is 12.5 Å². The summed E-state index contributed by atoms with van der Waals surface area (Å²) in [7, 11) is 0. The van der Waals surface area contributed by atoms with Crippen molar-refractivity contribution >= 4 is 5.97 Å². The summed E-state index contributed by atoms with van der Waals surface area (Å²) in [6.45, 7) is 6.30. The molecule has 0 bridgehead atoms. The fourth-order valence-electron chi connectivity index (χ4n) is 2.04. The van der Waals surface area contributed by atoms with Crippen LogP contribution in [0.25, 0.3) is 0 Å². The molecule has 1 aliphatic heterocycles. The number of hydrogen-bond acceptors (Lipinski definition) is 4. The summed E-state index contributed by atoms with van der Waals surface area (Å²) in [5.41, 5.74) is 1.23. The molecule has 102 valence electrons. The highest BCUT2D eigenvalue weighted by Gasteiger charge is 2.15. The molecule has 0 spiro atoms. The van der Waals surface area contributed by atoms with Crippen LogP contribution in [0.3, 0.4) is 0 Å². The van der Waals surface area contributed by atoms with Gasteiger partial charge in [-0.3, -0.25) is 4.90 Å². The zero-order valence-corrected chi connectivity index (χ0v) is 11.0. The quantitative estimate of drug-likeness (QED) is 0.447.